The molecule has 1 fully saturated rings. The fourth-order valence-corrected chi connectivity index (χ4v) is 3.46. The first kappa shape index (κ1) is 10.3. The van der Waals surface area contributed by atoms with E-state index in [0.717, 1.165) is 6.42 Å². The molecule has 90 valence electrons. The minimum Gasteiger partial charge on any atom is -0.310 e. The van der Waals surface area contributed by atoms with Crippen molar-refractivity contribution in [2.45, 2.75) is 25.3 Å². The highest BCUT2D eigenvalue weighted by Crippen LogP contribution is 2.40. The molecule has 1 saturated heterocycles. The third kappa shape index (κ3) is 1.44. The van der Waals surface area contributed by atoms with Crippen molar-refractivity contribution >= 4 is 0 Å². The third-order valence-electron chi connectivity index (χ3n) is 4.32. The van der Waals surface area contributed by atoms with Crippen molar-refractivity contribution in [2.75, 3.05) is 6.54 Å². The summed E-state index contributed by atoms with van der Waals surface area (Å²) < 4.78 is 0. The minimum absolute atomic E-state index is 0.578. The van der Waals surface area contributed by atoms with E-state index in [0.29, 0.717) is 6.04 Å². The van der Waals surface area contributed by atoms with E-state index < -0.39 is 0 Å². The highest BCUT2D eigenvalue weighted by Gasteiger charge is 2.25. The smallest absolute Gasteiger partial charge is 0.0323 e. The van der Waals surface area contributed by atoms with E-state index >= 15 is 0 Å². The molecule has 1 heteroatoms. The molecule has 0 amide bonds. The summed E-state index contributed by atoms with van der Waals surface area (Å²) in [5.41, 5.74) is 7.46. The van der Waals surface area contributed by atoms with E-state index in [2.05, 4.69) is 47.8 Å². The number of nitrogens with one attached hydrogen (secondary N) is 1. The summed E-state index contributed by atoms with van der Waals surface area (Å²) in [4.78, 5) is 0. The highest BCUT2D eigenvalue weighted by molar-refractivity contribution is 5.78. The molecule has 1 aliphatic carbocycles. The van der Waals surface area contributed by atoms with Crippen molar-refractivity contribution in [1.29, 1.82) is 0 Å². The van der Waals surface area contributed by atoms with Gasteiger partial charge in [-0.2, -0.15) is 0 Å². The Labute approximate surface area is 108 Å². The zero-order chi connectivity index (χ0) is 11.9. The first-order valence-electron chi connectivity index (χ1n) is 6.87. The Morgan fingerprint density at radius 2 is 1.83 bits per heavy atom. The summed E-state index contributed by atoms with van der Waals surface area (Å²) >= 11 is 0. The molecule has 4 rings (SSSR count). The average molecular weight is 235 g/mol. The van der Waals surface area contributed by atoms with Gasteiger partial charge in [0.25, 0.3) is 0 Å². The average Bonchev–Trinajstić information content (AvgIpc) is 3.05. The van der Waals surface area contributed by atoms with Crippen molar-refractivity contribution in [3.63, 3.8) is 0 Å². The van der Waals surface area contributed by atoms with Crippen LogP contribution in [0.3, 0.4) is 0 Å². The van der Waals surface area contributed by atoms with Crippen LogP contribution in [-0.4, -0.2) is 6.54 Å². The van der Waals surface area contributed by atoms with Gasteiger partial charge in [-0.1, -0.05) is 42.5 Å². The molecular weight excluding hydrogens is 218 g/mol. The van der Waals surface area contributed by atoms with Crippen LogP contribution in [-0.2, 0) is 6.42 Å². The molecule has 0 spiro atoms. The maximum atomic E-state index is 3.63. The molecule has 2 aromatic rings. The molecule has 0 saturated carbocycles. The molecular formula is C17H17N. The lowest BCUT2D eigenvalue weighted by Crippen LogP contribution is -2.14. The van der Waals surface area contributed by atoms with Gasteiger partial charge in [0.2, 0.25) is 0 Å². The second-order valence-electron chi connectivity index (χ2n) is 5.36. The van der Waals surface area contributed by atoms with E-state index in [9.17, 15) is 0 Å². The number of rotatable bonds is 1. The molecule has 2 aliphatic rings. The summed E-state index contributed by atoms with van der Waals surface area (Å²) in [6, 6.07) is 16.2. The predicted molar refractivity (Wildman–Crippen MR) is 74.7 cm³/mol. The van der Waals surface area contributed by atoms with E-state index in [1.165, 1.54) is 41.6 Å². The zero-order valence-corrected chi connectivity index (χ0v) is 10.4. The second-order valence-corrected chi connectivity index (χ2v) is 5.36. The Morgan fingerprint density at radius 3 is 2.72 bits per heavy atom. The molecule has 0 radical (unpaired) electrons. The van der Waals surface area contributed by atoms with Crippen LogP contribution in [0.25, 0.3) is 11.1 Å². The first-order valence-corrected chi connectivity index (χ1v) is 6.87. The number of hydrogen-bond donors (Lipinski definition) is 1. The van der Waals surface area contributed by atoms with E-state index in [1.807, 2.05) is 0 Å². The van der Waals surface area contributed by atoms with Crippen LogP contribution in [0.5, 0.6) is 0 Å². The van der Waals surface area contributed by atoms with Crippen LogP contribution >= 0.6 is 0 Å². The van der Waals surface area contributed by atoms with Gasteiger partial charge in [-0.3, -0.25) is 0 Å². The number of hydrogen-bond acceptors (Lipinski definition) is 1. The van der Waals surface area contributed by atoms with Gasteiger partial charge in [-0.05, 0) is 53.6 Å². The fraction of sp³-hybridized carbons (Fsp3) is 0.294. The minimum atomic E-state index is 0.578. The first-order chi connectivity index (χ1) is 8.93. The maximum Gasteiger partial charge on any atom is 0.0323 e. The molecule has 1 N–H and O–H groups in total. The number of benzene rings is 2. The van der Waals surface area contributed by atoms with Crippen molar-refractivity contribution < 1.29 is 0 Å². The van der Waals surface area contributed by atoms with Crippen molar-refractivity contribution in [3.05, 3.63) is 59.2 Å². The molecule has 0 aromatic heterocycles. The summed E-state index contributed by atoms with van der Waals surface area (Å²) in [5, 5.41) is 3.63. The van der Waals surface area contributed by atoms with Gasteiger partial charge in [-0.15, -0.1) is 0 Å². The highest BCUT2D eigenvalue weighted by atomic mass is 14.9. The van der Waals surface area contributed by atoms with Crippen LogP contribution in [0.15, 0.2) is 42.5 Å². The third-order valence-corrected chi connectivity index (χ3v) is 4.32. The Morgan fingerprint density at radius 1 is 0.944 bits per heavy atom. The molecule has 1 nitrogen and oxygen atoms in total. The fourth-order valence-electron chi connectivity index (χ4n) is 3.46. The summed E-state index contributed by atoms with van der Waals surface area (Å²) in [7, 11) is 0. The molecule has 1 atom stereocenters. The Kier molecular flexibility index (Phi) is 2.27. The van der Waals surface area contributed by atoms with E-state index in [4.69, 9.17) is 0 Å². The van der Waals surface area contributed by atoms with E-state index in [1.54, 1.807) is 5.56 Å². The van der Waals surface area contributed by atoms with Crippen LogP contribution in [0.1, 0.15) is 35.6 Å². The normalized spacial score (nSPS) is 20.8. The molecule has 1 unspecified atom stereocenters. The molecule has 0 bridgehead atoms. The van der Waals surface area contributed by atoms with Crippen LogP contribution in [0, 0.1) is 0 Å². The lowest BCUT2D eigenvalue weighted by atomic mass is 9.95. The van der Waals surface area contributed by atoms with Crippen molar-refractivity contribution in [2.24, 2.45) is 0 Å². The quantitative estimate of drug-likeness (QED) is 0.678. The van der Waals surface area contributed by atoms with Gasteiger partial charge in [0.15, 0.2) is 0 Å². The zero-order valence-electron chi connectivity index (χ0n) is 10.4. The molecule has 1 heterocycles. The van der Waals surface area contributed by atoms with Crippen LogP contribution in [0.4, 0.5) is 0 Å². The molecule has 1 aliphatic heterocycles. The lowest BCUT2D eigenvalue weighted by Gasteiger charge is -2.15. The Bertz CT molecular complexity index is 594. The maximum absolute atomic E-state index is 3.63. The van der Waals surface area contributed by atoms with Gasteiger partial charge in [0.05, 0.1) is 0 Å². The second kappa shape index (κ2) is 3.96. The largest absolute Gasteiger partial charge is 0.310 e. The summed E-state index contributed by atoms with van der Waals surface area (Å²) in [5.74, 6) is 0. The predicted octanol–water partition coefficient (Wildman–Crippen LogP) is 3.68. The van der Waals surface area contributed by atoms with Gasteiger partial charge < -0.3 is 5.32 Å². The number of fused-ring (bicyclic) bond motifs is 3. The molecule has 2 aromatic carbocycles. The molecule has 18 heavy (non-hydrogen) atoms. The van der Waals surface area contributed by atoms with Gasteiger partial charge in [0, 0.05) is 6.04 Å². The van der Waals surface area contributed by atoms with Crippen LogP contribution in [0.2, 0.25) is 0 Å². The van der Waals surface area contributed by atoms with E-state index in [-0.39, 0.29) is 0 Å². The van der Waals surface area contributed by atoms with Crippen LogP contribution < -0.4 is 5.32 Å². The Hall–Kier alpha value is -1.60. The standard InChI is InChI=1S/C17H17N/c1-2-6-13-12(5-1)11-16-14(13)7-3-8-15(16)17-9-4-10-18-17/h1-3,5-8,17-18H,4,9-11H2. The lowest BCUT2D eigenvalue weighted by molar-refractivity contribution is 0.643. The summed E-state index contributed by atoms with van der Waals surface area (Å²) in [6.07, 6.45) is 3.70. The van der Waals surface area contributed by atoms with Crippen molar-refractivity contribution in [1.82, 2.24) is 5.32 Å². The summed E-state index contributed by atoms with van der Waals surface area (Å²) in [6.45, 7) is 1.17. The van der Waals surface area contributed by atoms with Crippen molar-refractivity contribution in [3.8, 4) is 11.1 Å². The SMILES string of the molecule is c1ccc2c(c1)Cc1c-2cccc1C1CCCN1. The monoisotopic (exact) mass is 235 g/mol. The topological polar surface area (TPSA) is 12.0 Å². The van der Waals surface area contributed by atoms with Gasteiger partial charge in [-0.25, -0.2) is 0 Å². The van der Waals surface area contributed by atoms with Gasteiger partial charge in [0.1, 0.15) is 0 Å². The Balaban J connectivity index is 1.86. The van der Waals surface area contributed by atoms with Gasteiger partial charge >= 0.3 is 0 Å².